The Bertz CT molecular complexity index is 2310. The number of nitrogens with one attached hydrogen (secondary N) is 1. The van der Waals surface area contributed by atoms with Gasteiger partial charge in [0.2, 0.25) is 5.13 Å². The van der Waals surface area contributed by atoms with Crippen LogP contribution in [0.15, 0.2) is 134 Å². The predicted octanol–water partition coefficient (Wildman–Crippen LogP) is 6.88. The molecule has 0 aliphatic heterocycles. The Hall–Kier alpha value is -7.59. The molecule has 0 bridgehead atoms. The fourth-order valence-corrected chi connectivity index (χ4v) is 5.61. The summed E-state index contributed by atoms with van der Waals surface area (Å²) in [4.78, 5) is 65.3. The summed E-state index contributed by atoms with van der Waals surface area (Å²) in [5.74, 6) is -2.24. The molecule has 0 saturated carbocycles. The molecule has 0 amide bonds. The van der Waals surface area contributed by atoms with Gasteiger partial charge in [0.05, 0.1) is 40.8 Å². The van der Waals surface area contributed by atoms with Gasteiger partial charge in [0, 0.05) is 30.2 Å². The SMILES string of the molecule is C=CC(=O)OCCCOc1ccc(C(=O)Oc2ccc(OC(=O)c3ccc(OCC(COC(=O)C=C)OC(=O)C=C)cc3)c(/C=N/Nc3nc4ccccc4s3)c2)cc1. The number of fused-ring (bicyclic) bond motifs is 1. The van der Waals surface area contributed by atoms with Crippen LogP contribution in [0.1, 0.15) is 32.7 Å². The molecule has 5 aromatic rings. The van der Waals surface area contributed by atoms with Gasteiger partial charge in [-0.15, -0.1) is 0 Å². The molecule has 59 heavy (non-hydrogen) atoms. The molecular formula is C43H37N3O12S. The second kappa shape index (κ2) is 21.6. The zero-order chi connectivity index (χ0) is 42.0. The third-order valence-electron chi connectivity index (χ3n) is 7.66. The van der Waals surface area contributed by atoms with Gasteiger partial charge in [0.1, 0.15) is 36.2 Å². The van der Waals surface area contributed by atoms with Crippen molar-refractivity contribution in [2.75, 3.05) is 31.9 Å². The van der Waals surface area contributed by atoms with Gasteiger partial charge in [-0.3, -0.25) is 5.43 Å². The highest BCUT2D eigenvalue weighted by atomic mass is 32.1. The maximum Gasteiger partial charge on any atom is 0.343 e. The van der Waals surface area contributed by atoms with Crippen LogP contribution in [0, 0.1) is 0 Å². The molecular weight excluding hydrogens is 783 g/mol. The Morgan fingerprint density at radius 2 is 1.32 bits per heavy atom. The summed E-state index contributed by atoms with van der Waals surface area (Å²) < 4.78 is 38.7. The number of ether oxygens (including phenoxy) is 7. The minimum atomic E-state index is -0.944. The molecule has 4 aromatic carbocycles. The van der Waals surface area contributed by atoms with Gasteiger partial charge in [-0.1, -0.05) is 43.2 Å². The highest BCUT2D eigenvalue weighted by Crippen LogP contribution is 2.28. The van der Waals surface area contributed by atoms with Crippen molar-refractivity contribution in [2.45, 2.75) is 12.5 Å². The Kier molecular flexibility index (Phi) is 15.6. The molecule has 1 N–H and O–H groups in total. The topological polar surface area (TPSA) is 187 Å². The van der Waals surface area contributed by atoms with Crippen molar-refractivity contribution in [1.82, 2.24) is 4.98 Å². The molecule has 1 unspecified atom stereocenters. The largest absolute Gasteiger partial charge is 0.493 e. The average Bonchev–Trinajstić information content (AvgIpc) is 3.68. The van der Waals surface area contributed by atoms with Gasteiger partial charge in [0.25, 0.3) is 0 Å². The van der Waals surface area contributed by atoms with Crippen molar-refractivity contribution in [3.63, 3.8) is 0 Å². The summed E-state index contributed by atoms with van der Waals surface area (Å²) in [5, 5.41) is 4.82. The number of thiazole rings is 1. The number of benzene rings is 4. The number of carbonyl (C=O) groups is 5. The van der Waals surface area contributed by atoms with Crippen molar-refractivity contribution in [3.05, 3.63) is 146 Å². The number of hydrogen-bond donors (Lipinski definition) is 1. The summed E-state index contributed by atoms with van der Waals surface area (Å²) in [7, 11) is 0. The van der Waals surface area contributed by atoms with Crippen LogP contribution in [0.4, 0.5) is 5.13 Å². The lowest BCUT2D eigenvalue weighted by Gasteiger charge is -2.17. The van der Waals surface area contributed by atoms with E-state index in [2.05, 4.69) is 35.2 Å². The van der Waals surface area contributed by atoms with E-state index in [0.717, 1.165) is 28.4 Å². The molecule has 15 nitrogen and oxygen atoms in total. The number of nitrogens with zero attached hydrogens (tertiary/aromatic N) is 2. The maximum absolute atomic E-state index is 13.3. The second-order valence-electron chi connectivity index (χ2n) is 11.9. The van der Waals surface area contributed by atoms with Crippen LogP contribution in [0.5, 0.6) is 23.0 Å². The van der Waals surface area contributed by atoms with E-state index in [1.807, 2.05) is 24.3 Å². The summed E-state index contributed by atoms with van der Waals surface area (Å²) in [6.45, 7) is 10.0. The highest BCUT2D eigenvalue weighted by Gasteiger charge is 2.18. The van der Waals surface area contributed by atoms with Crippen LogP contribution in [0.2, 0.25) is 0 Å². The third kappa shape index (κ3) is 13.3. The van der Waals surface area contributed by atoms with Gasteiger partial charge in [-0.2, -0.15) is 5.10 Å². The van der Waals surface area contributed by atoms with E-state index in [9.17, 15) is 24.0 Å². The van der Waals surface area contributed by atoms with Crippen LogP contribution >= 0.6 is 11.3 Å². The van der Waals surface area contributed by atoms with Crippen LogP contribution < -0.4 is 24.4 Å². The Morgan fingerprint density at radius 3 is 2.00 bits per heavy atom. The second-order valence-corrected chi connectivity index (χ2v) is 12.9. The van der Waals surface area contributed by atoms with E-state index < -0.39 is 36.0 Å². The molecule has 1 aromatic heterocycles. The van der Waals surface area contributed by atoms with E-state index in [1.165, 1.54) is 60.0 Å². The van der Waals surface area contributed by atoms with Crippen molar-refractivity contribution in [3.8, 4) is 23.0 Å². The molecule has 0 spiro atoms. The molecule has 1 heterocycles. The molecule has 0 aliphatic carbocycles. The molecule has 0 fully saturated rings. The smallest absolute Gasteiger partial charge is 0.343 e. The Labute approximate surface area is 342 Å². The summed E-state index contributed by atoms with van der Waals surface area (Å²) in [6, 6.07) is 24.3. The number of hydrazone groups is 1. The molecule has 5 rings (SSSR count). The first-order valence-electron chi connectivity index (χ1n) is 17.7. The fourth-order valence-electron chi connectivity index (χ4n) is 4.79. The molecule has 0 radical (unpaired) electrons. The summed E-state index contributed by atoms with van der Waals surface area (Å²) >= 11 is 1.40. The van der Waals surface area contributed by atoms with Crippen molar-refractivity contribution in [2.24, 2.45) is 5.10 Å². The number of carbonyl (C=O) groups excluding carboxylic acids is 5. The first-order valence-corrected chi connectivity index (χ1v) is 18.6. The van der Waals surface area contributed by atoms with E-state index in [-0.39, 0.29) is 54.6 Å². The summed E-state index contributed by atoms with van der Waals surface area (Å²) in [6.07, 6.45) is 3.95. The van der Waals surface area contributed by atoms with Gasteiger partial charge >= 0.3 is 29.8 Å². The van der Waals surface area contributed by atoms with E-state index in [4.69, 9.17) is 33.2 Å². The van der Waals surface area contributed by atoms with Crippen molar-refractivity contribution in [1.29, 1.82) is 0 Å². The standard InChI is InChI=1S/C43H37N3O12S/c1-4-38(47)53-23-9-22-52-31-16-12-28(13-17-31)41(50)57-33-20-21-36(30(24-33)25-44-46-43-45-35-10-7-8-11-37(35)59-43)58-42(51)29-14-18-32(19-15-29)54-26-34(56-40(49)6-3)27-55-39(48)5-2/h4-8,10-21,24-25,34H,1-3,9,22-23,26-27H2,(H,45,46)/b44-25+. The van der Waals surface area contributed by atoms with Crippen molar-refractivity contribution < 1.29 is 57.1 Å². The molecule has 1 atom stereocenters. The minimum Gasteiger partial charge on any atom is -0.493 e. The monoisotopic (exact) mass is 819 g/mol. The van der Waals surface area contributed by atoms with E-state index in [1.54, 1.807) is 24.3 Å². The van der Waals surface area contributed by atoms with Crippen LogP contribution in [-0.2, 0) is 28.6 Å². The number of para-hydroxylation sites is 1. The molecule has 0 aliphatic rings. The number of hydrogen-bond acceptors (Lipinski definition) is 16. The Morgan fingerprint density at radius 1 is 0.695 bits per heavy atom. The van der Waals surface area contributed by atoms with Gasteiger partial charge < -0.3 is 33.2 Å². The van der Waals surface area contributed by atoms with E-state index in [0.29, 0.717) is 23.1 Å². The van der Waals surface area contributed by atoms with Crippen LogP contribution in [-0.4, -0.2) is 73.6 Å². The molecule has 16 heteroatoms. The lowest BCUT2D eigenvalue weighted by Crippen LogP contribution is -2.30. The fraction of sp³-hybridized carbons (Fsp3) is 0.140. The normalized spacial score (nSPS) is 11.1. The lowest BCUT2D eigenvalue weighted by molar-refractivity contribution is -0.154. The van der Waals surface area contributed by atoms with Gasteiger partial charge in [0.15, 0.2) is 6.10 Å². The lowest BCUT2D eigenvalue weighted by atomic mass is 10.2. The minimum absolute atomic E-state index is 0.103. The van der Waals surface area contributed by atoms with Crippen LogP contribution in [0.3, 0.4) is 0 Å². The number of aromatic nitrogens is 1. The Balaban J connectivity index is 1.25. The first kappa shape index (κ1) is 42.6. The zero-order valence-electron chi connectivity index (χ0n) is 31.4. The number of rotatable bonds is 21. The summed E-state index contributed by atoms with van der Waals surface area (Å²) in [5.41, 5.74) is 4.39. The molecule has 0 saturated heterocycles. The highest BCUT2D eigenvalue weighted by molar-refractivity contribution is 7.22. The predicted molar refractivity (Wildman–Crippen MR) is 218 cm³/mol. The average molecular weight is 820 g/mol. The third-order valence-corrected chi connectivity index (χ3v) is 8.61. The quantitative estimate of drug-likeness (QED) is 0.0153. The van der Waals surface area contributed by atoms with Crippen LogP contribution in [0.25, 0.3) is 10.2 Å². The number of anilines is 1. The zero-order valence-corrected chi connectivity index (χ0v) is 32.2. The van der Waals surface area contributed by atoms with Gasteiger partial charge in [-0.05, 0) is 78.9 Å². The first-order chi connectivity index (χ1) is 28.6. The van der Waals surface area contributed by atoms with Crippen molar-refractivity contribution >= 4 is 62.7 Å². The number of esters is 5. The van der Waals surface area contributed by atoms with E-state index >= 15 is 0 Å². The van der Waals surface area contributed by atoms with Gasteiger partial charge in [-0.25, -0.2) is 29.0 Å². The maximum atomic E-state index is 13.3. The molecule has 302 valence electrons.